The molecule has 1 aromatic heterocycles. The minimum atomic E-state index is 0.0527. The second kappa shape index (κ2) is 5.67. The SMILES string of the molecule is CC(N)C1CCCCN1C(=O)c1csc(I)c1. The topological polar surface area (TPSA) is 46.3 Å². The molecule has 17 heavy (non-hydrogen) atoms. The van der Waals surface area contributed by atoms with Gasteiger partial charge in [-0.3, -0.25) is 4.79 Å². The van der Waals surface area contributed by atoms with Crippen molar-refractivity contribution in [3.63, 3.8) is 0 Å². The highest BCUT2D eigenvalue weighted by Gasteiger charge is 2.30. The van der Waals surface area contributed by atoms with Gasteiger partial charge < -0.3 is 10.6 Å². The van der Waals surface area contributed by atoms with Crippen LogP contribution in [0.15, 0.2) is 11.4 Å². The van der Waals surface area contributed by atoms with E-state index in [0.717, 1.165) is 27.8 Å². The largest absolute Gasteiger partial charge is 0.334 e. The minimum Gasteiger partial charge on any atom is -0.334 e. The fraction of sp³-hybridized carbons (Fsp3) is 0.583. The zero-order chi connectivity index (χ0) is 12.4. The highest BCUT2D eigenvalue weighted by atomic mass is 127. The fourth-order valence-corrected chi connectivity index (χ4v) is 3.66. The van der Waals surface area contributed by atoms with Gasteiger partial charge in [0.2, 0.25) is 0 Å². The summed E-state index contributed by atoms with van der Waals surface area (Å²) in [6.07, 6.45) is 3.30. The lowest BCUT2D eigenvalue weighted by molar-refractivity contribution is 0.0584. The number of hydrogen-bond donors (Lipinski definition) is 1. The summed E-state index contributed by atoms with van der Waals surface area (Å²) in [6.45, 7) is 2.84. The molecule has 0 radical (unpaired) electrons. The van der Waals surface area contributed by atoms with Crippen molar-refractivity contribution in [3.05, 3.63) is 19.9 Å². The molecular formula is C12H17IN2OS. The van der Waals surface area contributed by atoms with E-state index in [1.54, 1.807) is 11.3 Å². The third-order valence-corrected chi connectivity index (χ3v) is 5.02. The Morgan fingerprint density at radius 3 is 3.00 bits per heavy atom. The molecule has 0 saturated carbocycles. The van der Waals surface area contributed by atoms with Crippen LogP contribution < -0.4 is 5.73 Å². The van der Waals surface area contributed by atoms with Gasteiger partial charge >= 0.3 is 0 Å². The number of thiophene rings is 1. The second-order valence-electron chi connectivity index (χ2n) is 4.56. The lowest BCUT2D eigenvalue weighted by atomic mass is 9.96. The molecule has 1 fully saturated rings. The van der Waals surface area contributed by atoms with E-state index >= 15 is 0 Å². The molecule has 5 heteroatoms. The Labute approximate surface area is 120 Å². The monoisotopic (exact) mass is 364 g/mol. The van der Waals surface area contributed by atoms with Gasteiger partial charge in [0.05, 0.1) is 8.45 Å². The third-order valence-electron chi connectivity index (χ3n) is 3.23. The molecule has 2 rings (SSSR count). The summed E-state index contributed by atoms with van der Waals surface area (Å²) in [5, 5.41) is 1.94. The summed E-state index contributed by atoms with van der Waals surface area (Å²) < 4.78 is 1.15. The van der Waals surface area contributed by atoms with Crippen LogP contribution in [0.2, 0.25) is 0 Å². The van der Waals surface area contributed by atoms with Crippen LogP contribution in [0, 0.1) is 2.88 Å². The maximum absolute atomic E-state index is 12.4. The van der Waals surface area contributed by atoms with Gasteiger partial charge in [0.25, 0.3) is 5.91 Å². The summed E-state index contributed by atoms with van der Waals surface area (Å²) >= 11 is 3.86. The van der Waals surface area contributed by atoms with Crippen molar-refractivity contribution in [3.8, 4) is 0 Å². The van der Waals surface area contributed by atoms with E-state index < -0.39 is 0 Å². The van der Waals surface area contributed by atoms with Gasteiger partial charge in [0.1, 0.15) is 0 Å². The van der Waals surface area contributed by atoms with Gasteiger partial charge in [-0.1, -0.05) is 0 Å². The minimum absolute atomic E-state index is 0.0527. The van der Waals surface area contributed by atoms with Crippen molar-refractivity contribution in [2.24, 2.45) is 5.73 Å². The third kappa shape index (κ3) is 3.00. The highest BCUT2D eigenvalue weighted by Crippen LogP contribution is 2.24. The number of nitrogens with two attached hydrogens (primary N) is 1. The molecule has 1 aliphatic rings. The molecule has 3 nitrogen and oxygen atoms in total. The number of likely N-dealkylation sites (tertiary alicyclic amines) is 1. The van der Waals surface area contributed by atoms with E-state index in [-0.39, 0.29) is 18.0 Å². The lowest BCUT2D eigenvalue weighted by Crippen LogP contribution is -2.51. The number of carbonyl (C=O) groups is 1. The average molecular weight is 364 g/mol. The maximum Gasteiger partial charge on any atom is 0.255 e. The van der Waals surface area contributed by atoms with E-state index in [0.29, 0.717) is 0 Å². The van der Waals surface area contributed by atoms with Crippen molar-refractivity contribution < 1.29 is 4.79 Å². The molecule has 1 aliphatic heterocycles. The van der Waals surface area contributed by atoms with Crippen molar-refractivity contribution in [2.75, 3.05) is 6.54 Å². The molecule has 0 aliphatic carbocycles. The fourth-order valence-electron chi connectivity index (χ4n) is 2.34. The van der Waals surface area contributed by atoms with E-state index in [9.17, 15) is 4.79 Å². The van der Waals surface area contributed by atoms with Crippen LogP contribution in [0.5, 0.6) is 0 Å². The van der Waals surface area contributed by atoms with Gasteiger partial charge in [-0.15, -0.1) is 11.3 Å². The van der Waals surface area contributed by atoms with E-state index in [4.69, 9.17) is 5.73 Å². The van der Waals surface area contributed by atoms with Crippen LogP contribution in [0.4, 0.5) is 0 Å². The van der Waals surface area contributed by atoms with Crippen LogP contribution in [0.1, 0.15) is 36.5 Å². The quantitative estimate of drug-likeness (QED) is 0.821. The Balaban J connectivity index is 2.16. The molecular weight excluding hydrogens is 347 g/mol. The number of hydrogen-bond acceptors (Lipinski definition) is 3. The molecule has 1 saturated heterocycles. The zero-order valence-electron chi connectivity index (χ0n) is 9.86. The molecule has 94 valence electrons. The van der Waals surface area contributed by atoms with Gasteiger partial charge in [0.15, 0.2) is 0 Å². The van der Waals surface area contributed by atoms with Crippen LogP contribution in [0.25, 0.3) is 0 Å². The summed E-state index contributed by atoms with van der Waals surface area (Å²) in [7, 11) is 0. The molecule has 1 amide bonds. The molecule has 1 aromatic rings. The van der Waals surface area contributed by atoms with Crippen molar-refractivity contribution >= 4 is 39.8 Å². The number of carbonyl (C=O) groups excluding carboxylic acids is 1. The van der Waals surface area contributed by atoms with Crippen molar-refractivity contribution in [2.45, 2.75) is 38.3 Å². The van der Waals surface area contributed by atoms with Gasteiger partial charge in [-0.25, -0.2) is 0 Å². The lowest BCUT2D eigenvalue weighted by Gasteiger charge is -2.37. The van der Waals surface area contributed by atoms with Crippen LogP contribution >= 0.6 is 33.9 Å². The predicted octanol–water partition coefficient (Wildman–Crippen LogP) is 2.69. The van der Waals surface area contributed by atoms with Gasteiger partial charge in [-0.05, 0) is 54.8 Å². The first-order chi connectivity index (χ1) is 8.09. The Bertz CT molecular complexity index is 405. The van der Waals surface area contributed by atoms with Crippen molar-refractivity contribution in [1.29, 1.82) is 0 Å². The normalized spacial score (nSPS) is 22.5. The molecule has 2 heterocycles. The van der Waals surface area contributed by atoms with E-state index in [1.807, 2.05) is 23.3 Å². The summed E-state index contributed by atoms with van der Waals surface area (Å²) in [6, 6.07) is 2.21. The number of halogens is 1. The molecule has 2 unspecified atom stereocenters. The molecule has 0 aromatic carbocycles. The first-order valence-corrected chi connectivity index (χ1v) is 7.86. The Kier molecular flexibility index (Phi) is 4.43. The predicted molar refractivity (Wildman–Crippen MR) is 79.4 cm³/mol. The van der Waals surface area contributed by atoms with Crippen LogP contribution in [-0.2, 0) is 0 Å². The average Bonchev–Trinajstić information content (AvgIpc) is 2.75. The summed E-state index contributed by atoms with van der Waals surface area (Å²) in [5.41, 5.74) is 6.80. The van der Waals surface area contributed by atoms with E-state index in [1.165, 1.54) is 6.42 Å². The van der Waals surface area contributed by atoms with Gasteiger partial charge in [-0.2, -0.15) is 0 Å². The summed E-state index contributed by atoms with van der Waals surface area (Å²) in [5.74, 6) is 0.145. The Morgan fingerprint density at radius 2 is 2.41 bits per heavy atom. The number of piperidine rings is 1. The number of nitrogens with zero attached hydrogens (tertiary/aromatic N) is 1. The molecule has 0 spiro atoms. The first-order valence-electron chi connectivity index (χ1n) is 5.90. The Morgan fingerprint density at radius 1 is 1.65 bits per heavy atom. The molecule has 2 N–H and O–H groups in total. The summed E-state index contributed by atoms with van der Waals surface area (Å²) in [4.78, 5) is 14.4. The molecule has 2 atom stereocenters. The number of amides is 1. The first kappa shape index (κ1) is 13.3. The Hall–Kier alpha value is -0.140. The highest BCUT2D eigenvalue weighted by molar-refractivity contribution is 14.1. The number of rotatable bonds is 2. The van der Waals surface area contributed by atoms with E-state index in [2.05, 4.69) is 22.6 Å². The zero-order valence-corrected chi connectivity index (χ0v) is 12.8. The maximum atomic E-state index is 12.4. The molecule has 0 bridgehead atoms. The van der Waals surface area contributed by atoms with Crippen molar-refractivity contribution in [1.82, 2.24) is 4.90 Å². The standard InChI is InChI=1S/C12H17IN2OS/c1-8(14)10-4-2-3-5-15(10)12(16)9-6-11(13)17-7-9/h6-8,10H,2-5,14H2,1H3. The van der Waals surface area contributed by atoms with Crippen LogP contribution in [0.3, 0.4) is 0 Å². The second-order valence-corrected chi connectivity index (χ2v) is 7.37. The smallest absolute Gasteiger partial charge is 0.255 e. The van der Waals surface area contributed by atoms with Gasteiger partial charge in [0, 0.05) is 24.0 Å². The van der Waals surface area contributed by atoms with Crippen LogP contribution in [-0.4, -0.2) is 29.4 Å².